The Hall–Kier alpha value is -2.55. The first kappa shape index (κ1) is 18.5. The summed E-state index contributed by atoms with van der Waals surface area (Å²) in [6.45, 7) is 6.18. The highest BCUT2D eigenvalue weighted by Crippen LogP contribution is 2.50. The highest BCUT2D eigenvalue weighted by atomic mass is 16.2. The van der Waals surface area contributed by atoms with Gasteiger partial charge in [-0.1, -0.05) is 61.0 Å². The van der Waals surface area contributed by atoms with Gasteiger partial charge < -0.3 is 10.2 Å². The lowest BCUT2D eigenvalue weighted by Crippen LogP contribution is -2.39. The number of carbonyl (C=O) groups excluding carboxylic acids is 1. The Morgan fingerprint density at radius 2 is 1.90 bits per heavy atom. The number of benzene rings is 2. The molecule has 2 heterocycles. The maximum Gasteiger partial charge on any atom is 0.255 e. The molecule has 150 valence electrons. The second-order valence-corrected chi connectivity index (χ2v) is 9.13. The van der Waals surface area contributed by atoms with Crippen molar-refractivity contribution in [2.75, 3.05) is 18.4 Å². The van der Waals surface area contributed by atoms with Crippen LogP contribution in [0.1, 0.15) is 65.2 Å². The van der Waals surface area contributed by atoms with E-state index < -0.39 is 0 Å². The van der Waals surface area contributed by atoms with Crippen molar-refractivity contribution in [1.82, 2.24) is 4.90 Å². The number of piperidine rings is 1. The van der Waals surface area contributed by atoms with Crippen LogP contribution in [-0.4, -0.2) is 23.9 Å². The van der Waals surface area contributed by atoms with Gasteiger partial charge in [0.05, 0.1) is 17.3 Å². The van der Waals surface area contributed by atoms with Crippen LogP contribution in [0, 0.1) is 18.8 Å². The number of para-hydroxylation sites is 1. The number of anilines is 1. The Balaban J connectivity index is 1.53. The van der Waals surface area contributed by atoms with Gasteiger partial charge in [0, 0.05) is 19.0 Å². The minimum atomic E-state index is 0.185. The van der Waals surface area contributed by atoms with Gasteiger partial charge in [0.15, 0.2) is 0 Å². The molecule has 0 bridgehead atoms. The molecule has 0 aromatic heterocycles. The maximum absolute atomic E-state index is 13.4. The highest BCUT2D eigenvalue weighted by molar-refractivity contribution is 6.01. The zero-order valence-corrected chi connectivity index (χ0v) is 17.4. The average Bonchev–Trinajstić information content (AvgIpc) is 3.23. The van der Waals surface area contributed by atoms with Crippen molar-refractivity contribution >= 4 is 11.6 Å². The molecule has 3 nitrogen and oxygen atoms in total. The predicted molar refractivity (Wildman–Crippen MR) is 118 cm³/mol. The molecule has 0 radical (unpaired) electrons. The van der Waals surface area contributed by atoms with E-state index in [4.69, 9.17) is 0 Å². The van der Waals surface area contributed by atoms with Gasteiger partial charge in [-0.3, -0.25) is 4.79 Å². The first-order chi connectivity index (χ1) is 14.1. The molecule has 1 aliphatic carbocycles. The van der Waals surface area contributed by atoms with Gasteiger partial charge in [-0.05, 0) is 55.2 Å². The van der Waals surface area contributed by atoms with Gasteiger partial charge in [-0.15, -0.1) is 0 Å². The zero-order chi connectivity index (χ0) is 20.0. The molecule has 2 aromatic carbocycles. The van der Waals surface area contributed by atoms with Crippen molar-refractivity contribution in [1.29, 1.82) is 0 Å². The number of fused-ring (bicyclic) bond motifs is 3. The second kappa shape index (κ2) is 7.37. The van der Waals surface area contributed by atoms with Crippen molar-refractivity contribution in [2.24, 2.45) is 11.8 Å². The molecule has 1 N–H and O–H groups in total. The number of allylic oxidation sites excluding steroid dienone is 2. The number of amides is 1. The molecule has 0 saturated carbocycles. The molecule has 5 rings (SSSR count). The van der Waals surface area contributed by atoms with E-state index in [0.717, 1.165) is 49.5 Å². The van der Waals surface area contributed by atoms with Crippen molar-refractivity contribution in [2.45, 2.75) is 45.1 Å². The fourth-order valence-electron chi connectivity index (χ4n) is 5.38. The summed E-state index contributed by atoms with van der Waals surface area (Å²) in [7, 11) is 0. The summed E-state index contributed by atoms with van der Waals surface area (Å²) in [5, 5.41) is 3.82. The van der Waals surface area contributed by atoms with Crippen LogP contribution >= 0.6 is 0 Å². The summed E-state index contributed by atoms with van der Waals surface area (Å²) >= 11 is 0. The Kier molecular flexibility index (Phi) is 4.69. The van der Waals surface area contributed by atoms with Gasteiger partial charge in [-0.2, -0.15) is 0 Å². The van der Waals surface area contributed by atoms with Crippen molar-refractivity contribution < 1.29 is 4.79 Å². The lowest BCUT2D eigenvalue weighted by atomic mass is 9.76. The van der Waals surface area contributed by atoms with Crippen LogP contribution in [0.15, 0.2) is 54.6 Å². The number of rotatable bonds is 2. The molecule has 29 heavy (non-hydrogen) atoms. The van der Waals surface area contributed by atoms with Crippen LogP contribution in [0.4, 0.5) is 5.69 Å². The Morgan fingerprint density at radius 1 is 1.10 bits per heavy atom. The third kappa shape index (κ3) is 3.27. The molecule has 1 fully saturated rings. The smallest absolute Gasteiger partial charge is 0.255 e. The Bertz CT molecular complexity index is 955. The SMILES string of the molecule is Cc1cccc(C2Nc3c(C(=O)N4CCC(C)CC4)cccc3C3C=CCC32)c1. The molecule has 3 aliphatic rings. The van der Waals surface area contributed by atoms with E-state index in [1.54, 1.807) is 0 Å². The van der Waals surface area contributed by atoms with Crippen molar-refractivity contribution in [3.8, 4) is 0 Å². The van der Waals surface area contributed by atoms with Gasteiger partial charge in [-0.25, -0.2) is 0 Å². The lowest BCUT2D eigenvalue weighted by molar-refractivity contribution is 0.0698. The highest BCUT2D eigenvalue weighted by Gasteiger charge is 2.39. The predicted octanol–water partition coefficient (Wildman–Crippen LogP) is 5.69. The summed E-state index contributed by atoms with van der Waals surface area (Å²) in [5.74, 6) is 1.79. The standard InChI is InChI=1S/C26H30N2O/c1-17-12-14-28(15-13-17)26(29)23-11-5-10-22-20-8-4-9-21(20)24(27-25(22)23)19-7-3-6-18(2)16-19/h3-8,10-11,16-17,20-21,24,27H,9,12-15H2,1-2H3. The fourth-order valence-corrected chi connectivity index (χ4v) is 5.38. The largest absolute Gasteiger partial charge is 0.377 e. The summed E-state index contributed by atoms with van der Waals surface area (Å²) in [6, 6.07) is 15.3. The number of hydrogen-bond donors (Lipinski definition) is 1. The second-order valence-electron chi connectivity index (χ2n) is 9.13. The van der Waals surface area contributed by atoms with Gasteiger partial charge >= 0.3 is 0 Å². The first-order valence-electron chi connectivity index (χ1n) is 11.0. The Labute approximate surface area is 173 Å². The molecule has 0 spiro atoms. The van der Waals surface area contributed by atoms with Crippen LogP contribution in [0.2, 0.25) is 0 Å². The molecule has 1 saturated heterocycles. The Morgan fingerprint density at radius 3 is 2.69 bits per heavy atom. The third-order valence-corrected chi connectivity index (χ3v) is 7.10. The molecular formula is C26H30N2O. The molecule has 3 atom stereocenters. The van der Waals surface area contributed by atoms with E-state index in [9.17, 15) is 4.79 Å². The number of nitrogens with zero attached hydrogens (tertiary/aromatic N) is 1. The molecule has 2 aliphatic heterocycles. The number of carbonyl (C=O) groups is 1. The van der Waals surface area contributed by atoms with E-state index in [1.807, 2.05) is 6.07 Å². The number of hydrogen-bond acceptors (Lipinski definition) is 2. The summed E-state index contributed by atoms with van der Waals surface area (Å²) in [5.41, 5.74) is 5.78. The van der Waals surface area contributed by atoms with Gasteiger partial charge in [0.1, 0.15) is 0 Å². The van der Waals surface area contributed by atoms with Crippen LogP contribution in [0.3, 0.4) is 0 Å². The monoisotopic (exact) mass is 386 g/mol. The van der Waals surface area contributed by atoms with E-state index in [-0.39, 0.29) is 11.9 Å². The van der Waals surface area contributed by atoms with Gasteiger partial charge in [0.25, 0.3) is 5.91 Å². The number of likely N-dealkylation sites (tertiary alicyclic amines) is 1. The minimum Gasteiger partial charge on any atom is -0.377 e. The van der Waals surface area contributed by atoms with Gasteiger partial charge in [0.2, 0.25) is 0 Å². The maximum atomic E-state index is 13.4. The zero-order valence-electron chi connectivity index (χ0n) is 17.4. The first-order valence-corrected chi connectivity index (χ1v) is 11.0. The summed E-state index contributed by atoms with van der Waals surface area (Å²) < 4.78 is 0. The number of aryl methyl sites for hydroxylation is 1. The summed E-state index contributed by atoms with van der Waals surface area (Å²) in [4.78, 5) is 15.5. The quantitative estimate of drug-likeness (QED) is 0.672. The molecular weight excluding hydrogens is 356 g/mol. The molecule has 3 heteroatoms. The van der Waals surface area contributed by atoms with Crippen molar-refractivity contribution in [3.05, 3.63) is 76.9 Å². The average molecular weight is 387 g/mol. The van der Waals surface area contributed by atoms with Crippen LogP contribution < -0.4 is 5.32 Å². The van der Waals surface area contributed by atoms with E-state index in [0.29, 0.717) is 11.8 Å². The van der Waals surface area contributed by atoms with Crippen molar-refractivity contribution in [3.63, 3.8) is 0 Å². The van der Waals surface area contributed by atoms with E-state index in [2.05, 4.69) is 72.6 Å². The fraction of sp³-hybridized carbons (Fsp3) is 0.423. The van der Waals surface area contributed by atoms with Crippen LogP contribution in [0.5, 0.6) is 0 Å². The lowest BCUT2D eigenvalue weighted by Gasteiger charge is -2.39. The molecule has 3 unspecified atom stereocenters. The topological polar surface area (TPSA) is 32.3 Å². The molecule has 1 amide bonds. The van der Waals surface area contributed by atoms with Crippen LogP contribution in [-0.2, 0) is 0 Å². The summed E-state index contributed by atoms with van der Waals surface area (Å²) in [6.07, 6.45) is 7.96. The van der Waals surface area contributed by atoms with E-state index in [1.165, 1.54) is 16.7 Å². The number of nitrogens with one attached hydrogen (secondary N) is 1. The van der Waals surface area contributed by atoms with E-state index >= 15 is 0 Å². The normalized spacial score (nSPS) is 26.0. The third-order valence-electron chi connectivity index (χ3n) is 7.10. The molecule has 2 aromatic rings. The minimum absolute atomic E-state index is 0.185. The van der Waals surface area contributed by atoms with Crippen LogP contribution in [0.25, 0.3) is 0 Å².